The molecule has 13 nitrogen and oxygen atoms in total. The van der Waals surface area contributed by atoms with Crippen LogP contribution in [0.15, 0.2) is 6.33 Å². The van der Waals surface area contributed by atoms with E-state index in [1.165, 1.54) is 6.33 Å². The number of hydrogen-bond acceptors (Lipinski definition) is 11. The molecule has 1 fully saturated rings. The van der Waals surface area contributed by atoms with E-state index in [1.54, 1.807) is 46.4 Å². The smallest absolute Gasteiger partial charge is 0.444 e. The third-order valence-electron chi connectivity index (χ3n) is 4.82. The van der Waals surface area contributed by atoms with Gasteiger partial charge in [0.1, 0.15) is 32.6 Å². The number of piperidine rings is 1. The number of amides is 1. The van der Waals surface area contributed by atoms with Crippen molar-refractivity contribution in [3.8, 4) is 0 Å². The van der Waals surface area contributed by atoms with Crippen LogP contribution in [0.25, 0.3) is 11.0 Å². The maximum Gasteiger partial charge on any atom is 0.519 e. The summed E-state index contributed by atoms with van der Waals surface area (Å²) in [5, 5.41) is 5.36. The van der Waals surface area contributed by atoms with E-state index in [-0.39, 0.29) is 12.1 Å². The molecule has 1 saturated heterocycles. The van der Waals surface area contributed by atoms with Crippen LogP contribution < -0.4 is 5.73 Å². The lowest BCUT2D eigenvalue weighted by atomic mass is 10.1. The molecule has 0 radical (unpaired) electrons. The zero-order valence-corrected chi connectivity index (χ0v) is 26.2. The number of anilines is 1. The Hall–Kier alpha value is -2.91. The van der Waals surface area contributed by atoms with Gasteiger partial charge in [0.25, 0.3) is 0 Å². The van der Waals surface area contributed by atoms with Gasteiger partial charge in [-0.3, -0.25) is 0 Å². The van der Waals surface area contributed by atoms with Gasteiger partial charge in [-0.05, 0) is 97.7 Å². The second kappa shape index (κ2) is 12.5. The van der Waals surface area contributed by atoms with Gasteiger partial charge >= 0.3 is 18.4 Å². The summed E-state index contributed by atoms with van der Waals surface area (Å²) in [4.78, 5) is 44.5. The van der Waals surface area contributed by atoms with Crippen LogP contribution in [-0.2, 0) is 18.9 Å². The number of nitrogens with zero attached hydrogens (tertiary/aromatic N) is 5. The minimum absolute atomic E-state index is 0.0478. The predicted molar refractivity (Wildman–Crippen MR) is 152 cm³/mol. The zero-order valence-electron chi connectivity index (χ0n) is 24.0. The van der Waals surface area contributed by atoms with Crippen LogP contribution in [0, 0.1) is 3.70 Å². The molecule has 14 heteroatoms. The molecule has 0 spiro atoms. The van der Waals surface area contributed by atoms with E-state index in [2.05, 4.69) is 42.4 Å². The van der Waals surface area contributed by atoms with Gasteiger partial charge < -0.3 is 29.6 Å². The van der Waals surface area contributed by atoms with E-state index in [0.29, 0.717) is 24.6 Å². The minimum Gasteiger partial charge on any atom is -0.444 e. The summed E-state index contributed by atoms with van der Waals surface area (Å²) in [5.74, 6) is 0.426. The number of rotatable bonds is 1. The summed E-state index contributed by atoms with van der Waals surface area (Å²) in [6, 6.07) is 0.0478. The van der Waals surface area contributed by atoms with Crippen molar-refractivity contribution in [1.29, 1.82) is 0 Å². The Labute approximate surface area is 242 Å². The minimum atomic E-state index is -1.06. The maximum atomic E-state index is 12.3. The monoisotopic (exact) mass is 662 g/mol. The molecule has 2 N–H and O–H groups in total. The lowest BCUT2D eigenvalue weighted by Crippen LogP contribution is -2.43. The summed E-state index contributed by atoms with van der Waals surface area (Å²) in [5.41, 5.74) is 4.77. The molecule has 0 saturated carbocycles. The Bertz CT molecular complexity index is 1150. The lowest BCUT2D eigenvalue weighted by molar-refractivity contribution is -0.0294. The van der Waals surface area contributed by atoms with Gasteiger partial charge in [0.15, 0.2) is 5.65 Å². The van der Waals surface area contributed by atoms with Gasteiger partial charge in [0.2, 0.25) is 0 Å². The quantitative estimate of drug-likeness (QED) is 0.179. The number of nitrogens with two attached hydrogens (primary N) is 1. The molecule has 2 aromatic rings. The SMILES string of the molecule is CC(C)(C)OC(=O)N1CCCC(n2nc(I)c3c(N)ncnc32)C1.CC(C)(C)OC(=O)OC(=O)OC(C)(C)C. The van der Waals surface area contributed by atoms with E-state index in [0.717, 1.165) is 21.9 Å². The van der Waals surface area contributed by atoms with Crippen LogP contribution in [-0.4, -0.2) is 72.9 Å². The van der Waals surface area contributed by atoms with Crippen LogP contribution in [0.4, 0.5) is 20.2 Å². The molecule has 39 heavy (non-hydrogen) atoms. The number of carbonyl (C=O) groups is 3. The molecule has 1 aliphatic heterocycles. The van der Waals surface area contributed by atoms with Crippen LogP contribution in [0.5, 0.6) is 0 Å². The highest BCUT2D eigenvalue weighted by atomic mass is 127. The third kappa shape index (κ3) is 10.6. The average molecular weight is 663 g/mol. The first-order valence-electron chi connectivity index (χ1n) is 12.5. The molecular weight excluding hydrogens is 623 g/mol. The maximum absolute atomic E-state index is 12.3. The number of likely N-dealkylation sites (tertiary alicyclic amines) is 1. The standard InChI is InChI=1S/C15H21IN6O2.C10H18O5/c1-15(2,3)24-14(23)21-6-4-5-9(7-21)22-13-10(11(16)20-22)12(17)18-8-19-13;1-9(2,3)14-7(11)13-8(12)15-10(4,5)6/h8-9H,4-7H2,1-3H3,(H2,17,18,19);1-6H3. The highest BCUT2D eigenvalue weighted by molar-refractivity contribution is 14.1. The zero-order chi connectivity index (χ0) is 29.8. The Morgan fingerprint density at radius 2 is 1.46 bits per heavy atom. The van der Waals surface area contributed by atoms with E-state index in [1.807, 2.05) is 25.5 Å². The van der Waals surface area contributed by atoms with Gasteiger partial charge in [-0.25, -0.2) is 29.0 Å². The Morgan fingerprint density at radius 3 is 1.97 bits per heavy atom. The molecule has 218 valence electrons. The number of halogens is 1. The molecule has 0 bridgehead atoms. The molecule has 1 amide bonds. The van der Waals surface area contributed by atoms with E-state index in [4.69, 9.17) is 19.9 Å². The van der Waals surface area contributed by atoms with Gasteiger partial charge in [0.05, 0.1) is 11.4 Å². The van der Waals surface area contributed by atoms with Crippen molar-refractivity contribution >= 4 is 57.8 Å². The number of fused-ring (bicyclic) bond motifs is 1. The van der Waals surface area contributed by atoms with Crippen molar-refractivity contribution in [2.75, 3.05) is 18.8 Å². The first-order chi connectivity index (χ1) is 17.8. The third-order valence-corrected chi connectivity index (χ3v) is 5.57. The highest BCUT2D eigenvalue weighted by Crippen LogP contribution is 2.29. The molecule has 1 unspecified atom stereocenters. The highest BCUT2D eigenvalue weighted by Gasteiger charge is 2.30. The number of ether oxygens (including phenoxy) is 4. The number of hydrogen-bond donors (Lipinski definition) is 1. The summed E-state index contributed by atoms with van der Waals surface area (Å²) in [6.45, 7) is 16.9. The van der Waals surface area contributed by atoms with Gasteiger partial charge in [-0.15, -0.1) is 0 Å². The summed E-state index contributed by atoms with van der Waals surface area (Å²) < 4.78 is 21.9. The van der Waals surface area contributed by atoms with E-state index >= 15 is 0 Å². The van der Waals surface area contributed by atoms with Gasteiger partial charge in [-0.2, -0.15) is 5.10 Å². The van der Waals surface area contributed by atoms with Crippen molar-refractivity contribution in [3.05, 3.63) is 10.0 Å². The fourth-order valence-corrected chi connectivity index (χ4v) is 4.21. The van der Waals surface area contributed by atoms with E-state index in [9.17, 15) is 14.4 Å². The summed E-state index contributed by atoms with van der Waals surface area (Å²) >= 11 is 2.14. The topological polar surface area (TPSA) is 161 Å². The fraction of sp³-hybridized carbons (Fsp3) is 0.680. The Kier molecular flexibility index (Phi) is 10.4. The molecule has 1 aliphatic rings. The second-order valence-electron chi connectivity index (χ2n) is 11.9. The van der Waals surface area contributed by atoms with Gasteiger partial charge in [0, 0.05) is 13.1 Å². The first kappa shape index (κ1) is 32.3. The largest absolute Gasteiger partial charge is 0.519 e. The summed E-state index contributed by atoms with van der Waals surface area (Å²) in [6.07, 6.45) is 0.861. The fourth-order valence-electron chi connectivity index (χ4n) is 3.46. The molecular formula is C25H39IN6O7. The normalized spacial score (nSPS) is 16.2. The number of nitrogen functional groups attached to an aromatic ring is 1. The van der Waals surface area contributed by atoms with Crippen molar-refractivity contribution in [1.82, 2.24) is 24.6 Å². The first-order valence-corrected chi connectivity index (χ1v) is 13.6. The Morgan fingerprint density at radius 1 is 0.923 bits per heavy atom. The van der Waals surface area contributed by atoms with Crippen molar-refractivity contribution in [3.63, 3.8) is 0 Å². The number of aromatic nitrogens is 4. The predicted octanol–water partition coefficient (Wildman–Crippen LogP) is 5.46. The van der Waals surface area contributed by atoms with Crippen molar-refractivity contribution < 1.29 is 33.3 Å². The van der Waals surface area contributed by atoms with Gasteiger partial charge in [-0.1, -0.05) is 0 Å². The number of carbonyl (C=O) groups excluding carboxylic acids is 3. The van der Waals surface area contributed by atoms with Crippen LogP contribution in [0.1, 0.15) is 81.2 Å². The molecule has 3 rings (SSSR count). The summed E-state index contributed by atoms with van der Waals surface area (Å²) in [7, 11) is 0. The second-order valence-corrected chi connectivity index (χ2v) is 13.0. The lowest BCUT2D eigenvalue weighted by Gasteiger charge is -2.34. The van der Waals surface area contributed by atoms with Crippen LogP contribution >= 0.6 is 22.6 Å². The molecule has 0 aliphatic carbocycles. The van der Waals surface area contributed by atoms with Crippen LogP contribution in [0.2, 0.25) is 0 Å². The van der Waals surface area contributed by atoms with Crippen LogP contribution in [0.3, 0.4) is 0 Å². The molecule has 0 aromatic carbocycles. The van der Waals surface area contributed by atoms with Crippen molar-refractivity contribution in [2.45, 2.75) is 98.0 Å². The van der Waals surface area contributed by atoms with Crippen molar-refractivity contribution in [2.24, 2.45) is 0 Å². The molecule has 1 atom stereocenters. The molecule has 2 aromatic heterocycles. The van der Waals surface area contributed by atoms with E-state index < -0.39 is 29.1 Å². The Balaban J connectivity index is 0.000000309. The molecule has 3 heterocycles. The average Bonchev–Trinajstić information content (AvgIpc) is 3.08.